The van der Waals surface area contributed by atoms with Gasteiger partial charge in [0.15, 0.2) is 6.10 Å². The molecule has 0 spiro atoms. The summed E-state index contributed by atoms with van der Waals surface area (Å²) in [5.41, 5.74) is 0.541. The van der Waals surface area contributed by atoms with Crippen molar-refractivity contribution < 1.29 is 17.9 Å². The molecule has 0 saturated heterocycles. The van der Waals surface area contributed by atoms with Crippen molar-refractivity contribution in [1.82, 2.24) is 10.3 Å². The van der Waals surface area contributed by atoms with Crippen molar-refractivity contribution >= 4 is 11.3 Å². The van der Waals surface area contributed by atoms with E-state index in [9.17, 15) is 13.2 Å². The SMILES string of the molecule is CCNCc1nc(COC(C)C(F)(F)F)cs1. The van der Waals surface area contributed by atoms with Crippen molar-refractivity contribution in [3.8, 4) is 0 Å². The number of halogens is 3. The van der Waals surface area contributed by atoms with Gasteiger partial charge in [0.2, 0.25) is 0 Å². The molecule has 3 nitrogen and oxygen atoms in total. The first-order valence-corrected chi connectivity index (χ1v) is 6.13. The van der Waals surface area contributed by atoms with Crippen LogP contribution in [0, 0.1) is 0 Å². The molecule has 1 N–H and O–H groups in total. The van der Waals surface area contributed by atoms with Crippen LogP contribution in [0.2, 0.25) is 0 Å². The van der Waals surface area contributed by atoms with Crippen molar-refractivity contribution in [2.75, 3.05) is 6.54 Å². The van der Waals surface area contributed by atoms with Crippen molar-refractivity contribution in [3.05, 3.63) is 16.1 Å². The monoisotopic (exact) mass is 268 g/mol. The maximum absolute atomic E-state index is 12.2. The van der Waals surface area contributed by atoms with Crippen LogP contribution in [0.3, 0.4) is 0 Å². The van der Waals surface area contributed by atoms with Crippen LogP contribution in [0.4, 0.5) is 13.2 Å². The van der Waals surface area contributed by atoms with Gasteiger partial charge in [-0.05, 0) is 13.5 Å². The lowest BCUT2D eigenvalue weighted by molar-refractivity contribution is -0.217. The minimum atomic E-state index is -4.32. The van der Waals surface area contributed by atoms with Gasteiger partial charge >= 0.3 is 6.18 Å². The van der Waals surface area contributed by atoms with Gasteiger partial charge in [-0.3, -0.25) is 0 Å². The lowest BCUT2D eigenvalue weighted by Gasteiger charge is -2.15. The largest absolute Gasteiger partial charge is 0.414 e. The van der Waals surface area contributed by atoms with E-state index in [1.54, 1.807) is 5.38 Å². The Morgan fingerprint density at radius 1 is 1.53 bits per heavy atom. The molecule has 0 bridgehead atoms. The highest BCUT2D eigenvalue weighted by atomic mass is 32.1. The van der Waals surface area contributed by atoms with E-state index in [4.69, 9.17) is 4.74 Å². The van der Waals surface area contributed by atoms with Crippen LogP contribution < -0.4 is 5.32 Å². The number of ether oxygens (including phenoxy) is 1. The van der Waals surface area contributed by atoms with E-state index in [0.29, 0.717) is 12.2 Å². The zero-order chi connectivity index (χ0) is 12.9. The van der Waals surface area contributed by atoms with Gasteiger partial charge in [0, 0.05) is 11.9 Å². The number of thiazole rings is 1. The normalized spacial score (nSPS) is 13.9. The van der Waals surface area contributed by atoms with Gasteiger partial charge in [0.05, 0.1) is 12.3 Å². The maximum atomic E-state index is 12.2. The van der Waals surface area contributed by atoms with E-state index in [0.717, 1.165) is 18.5 Å². The van der Waals surface area contributed by atoms with E-state index in [-0.39, 0.29) is 6.61 Å². The predicted octanol–water partition coefficient (Wildman–Crippen LogP) is 2.72. The maximum Gasteiger partial charge on any atom is 0.414 e. The van der Waals surface area contributed by atoms with Crippen LogP contribution in [0.1, 0.15) is 24.5 Å². The van der Waals surface area contributed by atoms with Gasteiger partial charge < -0.3 is 10.1 Å². The number of nitrogens with one attached hydrogen (secondary N) is 1. The molecule has 0 radical (unpaired) electrons. The number of rotatable bonds is 6. The third-order valence-electron chi connectivity index (χ3n) is 2.07. The molecule has 98 valence electrons. The van der Waals surface area contributed by atoms with Crippen LogP contribution in [-0.2, 0) is 17.9 Å². The fourth-order valence-corrected chi connectivity index (χ4v) is 1.78. The van der Waals surface area contributed by atoms with Crippen LogP contribution in [0.15, 0.2) is 5.38 Å². The van der Waals surface area contributed by atoms with Crippen molar-refractivity contribution in [1.29, 1.82) is 0 Å². The van der Waals surface area contributed by atoms with E-state index >= 15 is 0 Å². The van der Waals surface area contributed by atoms with Crippen molar-refractivity contribution in [3.63, 3.8) is 0 Å². The zero-order valence-corrected chi connectivity index (χ0v) is 10.5. The molecule has 1 atom stereocenters. The topological polar surface area (TPSA) is 34.2 Å². The fraction of sp³-hybridized carbons (Fsp3) is 0.700. The number of aromatic nitrogens is 1. The summed E-state index contributed by atoms with van der Waals surface area (Å²) >= 11 is 1.41. The second-order valence-corrected chi connectivity index (χ2v) is 4.45. The highest BCUT2D eigenvalue weighted by Crippen LogP contribution is 2.23. The summed E-state index contributed by atoms with van der Waals surface area (Å²) in [5.74, 6) is 0. The molecule has 1 aromatic rings. The first-order valence-electron chi connectivity index (χ1n) is 5.25. The molecule has 0 amide bonds. The van der Waals surface area contributed by atoms with Gasteiger partial charge in [0.1, 0.15) is 5.01 Å². The van der Waals surface area contributed by atoms with E-state index in [2.05, 4.69) is 10.3 Å². The summed E-state index contributed by atoms with van der Waals surface area (Å²) in [7, 11) is 0. The van der Waals surface area contributed by atoms with Crippen LogP contribution in [0.5, 0.6) is 0 Å². The third-order valence-corrected chi connectivity index (χ3v) is 2.97. The van der Waals surface area contributed by atoms with Crippen molar-refractivity contribution in [2.24, 2.45) is 0 Å². The summed E-state index contributed by atoms with van der Waals surface area (Å²) in [6, 6.07) is 0. The molecule has 1 unspecified atom stereocenters. The summed E-state index contributed by atoms with van der Waals surface area (Å²) in [4.78, 5) is 4.17. The van der Waals surface area contributed by atoms with E-state index < -0.39 is 12.3 Å². The van der Waals surface area contributed by atoms with E-state index in [1.807, 2.05) is 6.92 Å². The molecule has 0 aromatic carbocycles. The first-order chi connectivity index (χ1) is 7.93. The quantitative estimate of drug-likeness (QED) is 0.861. The molecule has 0 aliphatic heterocycles. The van der Waals surface area contributed by atoms with Crippen LogP contribution in [0.25, 0.3) is 0 Å². The molecule has 0 aliphatic rings. The highest BCUT2D eigenvalue weighted by Gasteiger charge is 2.36. The second-order valence-electron chi connectivity index (χ2n) is 3.51. The Balaban J connectivity index is 2.39. The Morgan fingerprint density at radius 3 is 2.82 bits per heavy atom. The summed E-state index contributed by atoms with van der Waals surface area (Å²) in [6.07, 6.45) is -6.08. The molecule has 1 rings (SSSR count). The minimum Gasteiger partial charge on any atom is -0.363 e. The van der Waals surface area contributed by atoms with Gasteiger partial charge in [-0.2, -0.15) is 13.2 Å². The number of hydrogen-bond acceptors (Lipinski definition) is 4. The molecule has 0 aliphatic carbocycles. The van der Waals surface area contributed by atoms with E-state index in [1.165, 1.54) is 11.3 Å². The lowest BCUT2D eigenvalue weighted by Crippen LogP contribution is -2.28. The Labute approximate surface area is 102 Å². The fourth-order valence-electron chi connectivity index (χ4n) is 1.03. The Morgan fingerprint density at radius 2 is 2.24 bits per heavy atom. The smallest absolute Gasteiger partial charge is 0.363 e. The Kier molecular flexibility index (Phi) is 5.35. The van der Waals surface area contributed by atoms with Crippen LogP contribution >= 0.6 is 11.3 Å². The van der Waals surface area contributed by atoms with Gasteiger partial charge in [-0.25, -0.2) is 4.98 Å². The Hall–Kier alpha value is -0.660. The molecule has 17 heavy (non-hydrogen) atoms. The minimum absolute atomic E-state index is 0.108. The summed E-state index contributed by atoms with van der Waals surface area (Å²) < 4.78 is 41.2. The lowest BCUT2D eigenvalue weighted by atomic mass is 10.4. The zero-order valence-electron chi connectivity index (χ0n) is 9.67. The third kappa shape index (κ3) is 5.01. The molecule has 1 aromatic heterocycles. The molecule has 0 saturated carbocycles. The Bertz CT molecular complexity index is 341. The molecule has 7 heteroatoms. The van der Waals surface area contributed by atoms with Gasteiger partial charge in [0.25, 0.3) is 0 Å². The standard InChI is InChI=1S/C10H15F3N2OS/c1-3-14-4-9-15-8(6-17-9)5-16-7(2)10(11,12)13/h6-7,14H,3-5H2,1-2H3. The van der Waals surface area contributed by atoms with Crippen LogP contribution in [-0.4, -0.2) is 23.8 Å². The number of nitrogens with zero attached hydrogens (tertiary/aromatic N) is 1. The summed E-state index contributed by atoms with van der Waals surface area (Å²) in [5, 5.41) is 5.66. The molecular formula is C10H15F3N2OS. The van der Waals surface area contributed by atoms with Crippen molar-refractivity contribution in [2.45, 2.75) is 39.3 Å². The molecular weight excluding hydrogens is 253 g/mol. The average Bonchev–Trinajstić information content (AvgIpc) is 2.69. The predicted molar refractivity (Wildman–Crippen MR) is 59.8 cm³/mol. The first kappa shape index (κ1) is 14.4. The number of alkyl halides is 3. The average molecular weight is 268 g/mol. The number of hydrogen-bond donors (Lipinski definition) is 1. The van der Waals surface area contributed by atoms with Gasteiger partial charge in [-0.1, -0.05) is 6.92 Å². The molecule has 0 fully saturated rings. The summed E-state index contributed by atoms with van der Waals surface area (Å²) in [6.45, 7) is 4.32. The highest BCUT2D eigenvalue weighted by molar-refractivity contribution is 7.09. The molecule has 1 heterocycles. The second kappa shape index (κ2) is 6.32. The van der Waals surface area contributed by atoms with Gasteiger partial charge in [-0.15, -0.1) is 11.3 Å².